The minimum atomic E-state index is 0.0394. The highest BCUT2D eigenvalue weighted by Gasteiger charge is 2.09. The lowest BCUT2D eigenvalue weighted by atomic mass is 10.1. The average Bonchev–Trinajstić information content (AvgIpc) is 2.68. The summed E-state index contributed by atoms with van der Waals surface area (Å²) in [4.78, 5) is 1.14. The van der Waals surface area contributed by atoms with Crippen molar-refractivity contribution in [2.75, 3.05) is 0 Å². The molecule has 1 unspecified atom stereocenters. The Labute approximate surface area is 118 Å². The third-order valence-corrected chi connectivity index (χ3v) is 4.41. The van der Waals surface area contributed by atoms with Crippen LogP contribution in [-0.2, 0) is 6.42 Å². The molecule has 0 aliphatic heterocycles. The zero-order chi connectivity index (χ0) is 11.5. The molecule has 0 fully saturated rings. The van der Waals surface area contributed by atoms with E-state index in [0.717, 1.165) is 15.6 Å². The normalized spacial score (nSPS) is 12.7. The van der Waals surface area contributed by atoms with Crippen molar-refractivity contribution >= 4 is 45.5 Å². The first-order chi connectivity index (χ1) is 7.65. The molecule has 0 saturated heterocycles. The first-order valence-electron chi connectivity index (χ1n) is 4.90. The summed E-state index contributed by atoms with van der Waals surface area (Å²) in [6.45, 7) is 0. The Bertz CT molecular complexity index is 466. The standard InChI is InChI=1S/C12H11ClINS/c13-12-6-5-11(16-12)10(15)7-8-1-3-9(14)4-2-8/h1-6,10H,7,15H2. The van der Waals surface area contributed by atoms with E-state index in [4.69, 9.17) is 17.3 Å². The van der Waals surface area contributed by atoms with Gasteiger partial charge in [-0.2, -0.15) is 0 Å². The fourth-order valence-electron chi connectivity index (χ4n) is 1.50. The first kappa shape index (κ1) is 12.4. The molecular weight excluding hydrogens is 353 g/mol. The maximum atomic E-state index is 6.13. The summed E-state index contributed by atoms with van der Waals surface area (Å²) in [6, 6.07) is 12.4. The molecule has 2 rings (SSSR count). The van der Waals surface area contributed by atoms with Gasteiger partial charge in [-0.3, -0.25) is 0 Å². The van der Waals surface area contributed by atoms with Crippen LogP contribution in [0.2, 0.25) is 4.34 Å². The van der Waals surface area contributed by atoms with Crippen molar-refractivity contribution in [2.24, 2.45) is 5.73 Å². The average molecular weight is 364 g/mol. The summed E-state index contributed by atoms with van der Waals surface area (Å²) in [7, 11) is 0. The molecule has 1 aromatic carbocycles. The number of nitrogens with two attached hydrogens (primary N) is 1. The summed E-state index contributed by atoms with van der Waals surface area (Å²) < 4.78 is 2.04. The highest BCUT2D eigenvalue weighted by atomic mass is 127. The fraction of sp³-hybridized carbons (Fsp3) is 0.167. The molecule has 1 nitrogen and oxygen atoms in total. The maximum Gasteiger partial charge on any atom is 0.0931 e. The Morgan fingerprint density at radius 3 is 2.44 bits per heavy atom. The molecule has 1 aromatic heterocycles. The lowest BCUT2D eigenvalue weighted by Gasteiger charge is -2.09. The second-order valence-electron chi connectivity index (χ2n) is 3.58. The Morgan fingerprint density at radius 2 is 1.88 bits per heavy atom. The molecule has 1 atom stereocenters. The van der Waals surface area contributed by atoms with E-state index in [-0.39, 0.29) is 6.04 Å². The van der Waals surface area contributed by atoms with Crippen LogP contribution in [0.1, 0.15) is 16.5 Å². The Kier molecular flexibility index (Phi) is 4.24. The SMILES string of the molecule is NC(Cc1ccc(I)cc1)c1ccc(Cl)s1. The van der Waals surface area contributed by atoms with E-state index in [0.29, 0.717) is 0 Å². The van der Waals surface area contributed by atoms with Crippen molar-refractivity contribution in [1.82, 2.24) is 0 Å². The molecule has 0 spiro atoms. The molecule has 2 N–H and O–H groups in total. The number of hydrogen-bond acceptors (Lipinski definition) is 2. The second-order valence-corrected chi connectivity index (χ2v) is 6.57. The summed E-state index contributed by atoms with van der Waals surface area (Å²) >= 11 is 9.75. The maximum absolute atomic E-state index is 6.13. The zero-order valence-electron chi connectivity index (χ0n) is 8.49. The first-order valence-corrected chi connectivity index (χ1v) is 7.18. The van der Waals surface area contributed by atoms with Gasteiger partial charge in [-0.05, 0) is 58.8 Å². The predicted molar refractivity (Wildman–Crippen MR) is 79.1 cm³/mol. The van der Waals surface area contributed by atoms with Gasteiger partial charge in [0.25, 0.3) is 0 Å². The van der Waals surface area contributed by atoms with Gasteiger partial charge in [0, 0.05) is 14.5 Å². The summed E-state index contributed by atoms with van der Waals surface area (Å²) in [6.07, 6.45) is 0.855. The van der Waals surface area contributed by atoms with Crippen LogP contribution in [0.3, 0.4) is 0 Å². The molecule has 16 heavy (non-hydrogen) atoms. The quantitative estimate of drug-likeness (QED) is 0.811. The Morgan fingerprint density at radius 1 is 1.19 bits per heavy atom. The Balaban J connectivity index is 2.07. The van der Waals surface area contributed by atoms with Crippen LogP contribution < -0.4 is 5.73 Å². The molecule has 0 aliphatic carbocycles. The molecule has 2 aromatic rings. The van der Waals surface area contributed by atoms with Gasteiger partial charge < -0.3 is 5.73 Å². The van der Waals surface area contributed by atoms with Crippen molar-refractivity contribution in [1.29, 1.82) is 0 Å². The Hall–Kier alpha value is -0.100. The monoisotopic (exact) mass is 363 g/mol. The molecule has 4 heteroatoms. The van der Waals surface area contributed by atoms with E-state index in [9.17, 15) is 0 Å². The molecule has 0 bridgehead atoms. The number of benzene rings is 1. The van der Waals surface area contributed by atoms with E-state index in [1.165, 1.54) is 9.13 Å². The largest absolute Gasteiger partial charge is 0.323 e. The van der Waals surface area contributed by atoms with Crippen molar-refractivity contribution in [3.05, 3.63) is 54.7 Å². The topological polar surface area (TPSA) is 26.0 Å². The van der Waals surface area contributed by atoms with Gasteiger partial charge in [0.1, 0.15) is 0 Å². The molecule has 0 amide bonds. The van der Waals surface area contributed by atoms with Crippen LogP contribution in [0, 0.1) is 3.57 Å². The molecular formula is C12H11ClINS. The van der Waals surface area contributed by atoms with E-state index < -0.39 is 0 Å². The smallest absolute Gasteiger partial charge is 0.0931 e. The lowest BCUT2D eigenvalue weighted by Crippen LogP contribution is -2.11. The summed E-state index contributed by atoms with van der Waals surface area (Å²) in [5.74, 6) is 0. The van der Waals surface area contributed by atoms with E-state index in [1.807, 2.05) is 12.1 Å². The minimum absolute atomic E-state index is 0.0394. The molecule has 0 radical (unpaired) electrons. The van der Waals surface area contributed by atoms with E-state index in [1.54, 1.807) is 11.3 Å². The summed E-state index contributed by atoms with van der Waals surface area (Å²) in [5, 5.41) is 0. The highest BCUT2D eigenvalue weighted by Crippen LogP contribution is 2.27. The van der Waals surface area contributed by atoms with Gasteiger partial charge >= 0.3 is 0 Å². The van der Waals surface area contributed by atoms with Gasteiger partial charge in [-0.1, -0.05) is 23.7 Å². The number of hydrogen-bond donors (Lipinski definition) is 1. The highest BCUT2D eigenvalue weighted by molar-refractivity contribution is 14.1. The number of thiophene rings is 1. The lowest BCUT2D eigenvalue weighted by molar-refractivity contribution is 0.736. The fourth-order valence-corrected chi connectivity index (χ4v) is 2.92. The van der Waals surface area contributed by atoms with E-state index in [2.05, 4.69) is 46.9 Å². The molecule has 0 saturated carbocycles. The third kappa shape index (κ3) is 3.20. The molecule has 1 heterocycles. The second kappa shape index (κ2) is 5.49. The van der Waals surface area contributed by atoms with Gasteiger partial charge in [0.05, 0.1) is 4.34 Å². The van der Waals surface area contributed by atoms with Gasteiger partial charge in [-0.25, -0.2) is 0 Å². The van der Waals surface area contributed by atoms with Crippen molar-refractivity contribution in [3.8, 4) is 0 Å². The van der Waals surface area contributed by atoms with E-state index >= 15 is 0 Å². The van der Waals surface area contributed by atoms with Crippen LogP contribution >= 0.6 is 45.5 Å². The number of rotatable bonds is 3. The van der Waals surface area contributed by atoms with Crippen LogP contribution in [0.5, 0.6) is 0 Å². The van der Waals surface area contributed by atoms with Crippen molar-refractivity contribution in [3.63, 3.8) is 0 Å². The van der Waals surface area contributed by atoms with Crippen LogP contribution in [0.25, 0.3) is 0 Å². The minimum Gasteiger partial charge on any atom is -0.323 e. The van der Waals surface area contributed by atoms with Gasteiger partial charge in [0.15, 0.2) is 0 Å². The zero-order valence-corrected chi connectivity index (χ0v) is 12.2. The summed E-state index contributed by atoms with van der Waals surface area (Å²) in [5.41, 5.74) is 7.39. The van der Waals surface area contributed by atoms with Crippen LogP contribution in [0.4, 0.5) is 0 Å². The van der Waals surface area contributed by atoms with Crippen molar-refractivity contribution in [2.45, 2.75) is 12.5 Å². The molecule has 0 aliphatic rings. The predicted octanol–water partition coefficient (Wildman–Crippen LogP) is 4.25. The van der Waals surface area contributed by atoms with Gasteiger partial charge in [0.2, 0.25) is 0 Å². The van der Waals surface area contributed by atoms with Crippen molar-refractivity contribution < 1.29 is 0 Å². The van der Waals surface area contributed by atoms with Crippen LogP contribution in [0.15, 0.2) is 36.4 Å². The van der Waals surface area contributed by atoms with Gasteiger partial charge in [-0.15, -0.1) is 11.3 Å². The third-order valence-electron chi connectivity index (χ3n) is 2.33. The van der Waals surface area contributed by atoms with Crippen LogP contribution in [-0.4, -0.2) is 0 Å². The molecule has 84 valence electrons. The number of halogens is 2.